The Kier molecular flexibility index (Phi) is 9.25. The van der Waals surface area contributed by atoms with Crippen LogP contribution in [0.15, 0.2) is 155 Å². The van der Waals surface area contributed by atoms with Crippen LogP contribution >= 0.6 is 0 Å². The number of hydrogen-bond donors (Lipinski definition) is 0. The summed E-state index contributed by atoms with van der Waals surface area (Å²) in [6.45, 7) is 6.72. The zero-order valence-corrected chi connectivity index (χ0v) is 28.1. The number of allylic oxidation sites excluding steroid dienone is 5. The lowest BCUT2D eigenvalue weighted by molar-refractivity contribution is 0.446. The SMILES string of the molecule is CC1=CC(c2ccccc2)=C(c2ccc(-c3cccc(-c4ccccc4/C4=C/C=NC(c5ccccc5)C(C)CC4)c3)cc2C)N=CC1. The monoisotopic (exact) mass is 622 g/mol. The summed E-state index contributed by atoms with van der Waals surface area (Å²) in [5.41, 5.74) is 15.9. The van der Waals surface area contributed by atoms with Crippen LogP contribution in [0.4, 0.5) is 0 Å². The topological polar surface area (TPSA) is 24.7 Å². The molecule has 2 aliphatic heterocycles. The standard InChI is InChI=1S/C46H42N2/c1-32-25-27-48-46(44(29-32)35-13-6-4-7-14-35)41-24-23-39(30-34(41)3)38-17-12-18-40(31-38)43-20-11-10-19-42(43)36-22-21-33(2)45(47-28-26-36)37-15-8-5-9-16-37/h4-20,23-24,26-31,33,45H,21-22,25H2,1-3H3/b36-26+,47-28?. The lowest BCUT2D eigenvalue weighted by Crippen LogP contribution is -2.10. The first-order valence-corrected chi connectivity index (χ1v) is 17.1. The third kappa shape index (κ3) is 6.71. The summed E-state index contributed by atoms with van der Waals surface area (Å²) in [5.74, 6) is 0.456. The average molecular weight is 623 g/mol. The molecule has 5 aromatic carbocycles. The van der Waals surface area contributed by atoms with Gasteiger partial charge in [-0.05, 0) is 94.8 Å². The molecule has 0 saturated carbocycles. The molecule has 2 heteroatoms. The predicted molar refractivity (Wildman–Crippen MR) is 206 cm³/mol. The van der Waals surface area contributed by atoms with Gasteiger partial charge in [-0.1, -0.05) is 140 Å². The van der Waals surface area contributed by atoms with Crippen molar-refractivity contribution in [1.29, 1.82) is 0 Å². The van der Waals surface area contributed by atoms with Crippen LogP contribution in [0.2, 0.25) is 0 Å². The molecule has 2 atom stereocenters. The van der Waals surface area contributed by atoms with Gasteiger partial charge in [-0.2, -0.15) is 0 Å². The van der Waals surface area contributed by atoms with Crippen molar-refractivity contribution in [3.8, 4) is 22.3 Å². The fourth-order valence-electron chi connectivity index (χ4n) is 7.05. The zero-order chi connectivity index (χ0) is 32.9. The van der Waals surface area contributed by atoms with Crippen molar-refractivity contribution in [3.05, 3.63) is 173 Å². The highest BCUT2D eigenvalue weighted by atomic mass is 14.8. The van der Waals surface area contributed by atoms with Crippen molar-refractivity contribution in [3.63, 3.8) is 0 Å². The summed E-state index contributed by atoms with van der Waals surface area (Å²) in [6.07, 6.45) is 11.6. The average Bonchev–Trinajstić information content (AvgIpc) is 3.32. The number of aliphatic imine (C=N–C) groups is 2. The van der Waals surface area contributed by atoms with Gasteiger partial charge >= 0.3 is 0 Å². The van der Waals surface area contributed by atoms with Crippen LogP contribution in [0.3, 0.4) is 0 Å². The van der Waals surface area contributed by atoms with E-state index in [9.17, 15) is 0 Å². The van der Waals surface area contributed by atoms with Gasteiger partial charge in [-0.25, -0.2) is 0 Å². The van der Waals surface area contributed by atoms with Gasteiger partial charge in [0.1, 0.15) is 0 Å². The highest BCUT2D eigenvalue weighted by Crippen LogP contribution is 2.39. The molecule has 0 aromatic heterocycles. The van der Waals surface area contributed by atoms with E-state index in [-0.39, 0.29) is 6.04 Å². The fraction of sp³-hybridized carbons (Fsp3) is 0.174. The summed E-state index contributed by atoms with van der Waals surface area (Å²) >= 11 is 0. The van der Waals surface area contributed by atoms with E-state index in [4.69, 9.17) is 9.98 Å². The van der Waals surface area contributed by atoms with Crippen molar-refractivity contribution >= 4 is 29.3 Å². The number of rotatable bonds is 6. The van der Waals surface area contributed by atoms with Crippen LogP contribution < -0.4 is 0 Å². The second-order valence-corrected chi connectivity index (χ2v) is 13.2. The Balaban J connectivity index is 1.21. The molecule has 0 fully saturated rings. The van der Waals surface area contributed by atoms with Crippen LogP contribution in [0.5, 0.6) is 0 Å². The second-order valence-electron chi connectivity index (χ2n) is 13.2. The second kappa shape index (κ2) is 14.2. The van der Waals surface area contributed by atoms with E-state index in [0.29, 0.717) is 5.92 Å². The minimum atomic E-state index is 0.196. The number of nitrogens with zero attached hydrogens (tertiary/aromatic N) is 2. The number of hydrogen-bond acceptors (Lipinski definition) is 2. The molecule has 236 valence electrons. The lowest BCUT2D eigenvalue weighted by atomic mass is 9.85. The van der Waals surface area contributed by atoms with Crippen LogP contribution in [0, 0.1) is 12.8 Å². The van der Waals surface area contributed by atoms with Crippen LogP contribution in [-0.4, -0.2) is 12.4 Å². The van der Waals surface area contributed by atoms with Gasteiger partial charge < -0.3 is 0 Å². The van der Waals surface area contributed by atoms with E-state index in [2.05, 4.69) is 160 Å². The van der Waals surface area contributed by atoms with Gasteiger partial charge in [0.15, 0.2) is 0 Å². The maximum atomic E-state index is 5.03. The molecule has 2 heterocycles. The molecule has 2 aliphatic rings. The van der Waals surface area contributed by atoms with Crippen molar-refractivity contribution < 1.29 is 0 Å². The molecular weight excluding hydrogens is 581 g/mol. The van der Waals surface area contributed by atoms with Crippen LogP contribution in [0.1, 0.15) is 67.0 Å². The summed E-state index contributed by atoms with van der Waals surface area (Å²) in [6, 6.07) is 46.1. The largest absolute Gasteiger partial charge is 0.285 e. The quantitative estimate of drug-likeness (QED) is 0.180. The third-order valence-corrected chi connectivity index (χ3v) is 9.70. The van der Waals surface area contributed by atoms with Gasteiger partial charge in [-0.3, -0.25) is 9.98 Å². The normalized spacial score (nSPS) is 19.1. The Hall–Kier alpha value is -5.34. The molecule has 0 spiro atoms. The Morgan fingerprint density at radius 2 is 1.31 bits per heavy atom. The van der Waals surface area contributed by atoms with Crippen LogP contribution in [0.25, 0.3) is 39.1 Å². The Morgan fingerprint density at radius 1 is 0.625 bits per heavy atom. The number of benzene rings is 5. The molecule has 48 heavy (non-hydrogen) atoms. The van der Waals surface area contributed by atoms with Gasteiger partial charge in [0.25, 0.3) is 0 Å². The summed E-state index contributed by atoms with van der Waals surface area (Å²) < 4.78 is 0. The van der Waals surface area contributed by atoms with Crippen molar-refractivity contribution in [2.75, 3.05) is 0 Å². The predicted octanol–water partition coefficient (Wildman–Crippen LogP) is 12.2. The molecule has 0 N–H and O–H groups in total. The van der Waals surface area contributed by atoms with E-state index in [0.717, 1.165) is 25.0 Å². The maximum Gasteiger partial charge on any atom is 0.0779 e. The number of aryl methyl sites for hydroxylation is 1. The first-order chi connectivity index (χ1) is 23.5. The van der Waals surface area contributed by atoms with Gasteiger partial charge in [0.2, 0.25) is 0 Å². The molecule has 0 radical (unpaired) electrons. The molecule has 2 nitrogen and oxygen atoms in total. The Morgan fingerprint density at radius 3 is 2.10 bits per heavy atom. The Labute approximate surface area is 285 Å². The minimum Gasteiger partial charge on any atom is -0.285 e. The summed E-state index contributed by atoms with van der Waals surface area (Å²) in [5, 5.41) is 0. The van der Waals surface area contributed by atoms with Gasteiger partial charge in [0, 0.05) is 30.0 Å². The fourth-order valence-corrected chi connectivity index (χ4v) is 7.05. The molecule has 7 rings (SSSR count). The van der Waals surface area contributed by atoms with E-state index in [1.54, 1.807) is 0 Å². The molecule has 2 unspecified atom stereocenters. The molecule has 5 aromatic rings. The van der Waals surface area contributed by atoms with Crippen molar-refractivity contribution in [2.45, 2.75) is 46.1 Å². The summed E-state index contributed by atoms with van der Waals surface area (Å²) in [7, 11) is 0. The first-order valence-electron chi connectivity index (χ1n) is 17.1. The maximum absolute atomic E-state index is 5.03. The van der Waals surface area contributed by atoms with Gasteiger partial charge in [-0.15, -0.1) is 0 Å². The van der Waals surface area contributed by atoms with E-state index in [1.165, 1.54) is 66.8 Å². The minimum absolute atomic E-state index is 0.196. The lowest BCUT2D eigenvalue weighted by Gasteiger charge is -2.24. The van der Waals surface area contributed by atoms with E-state index in [1.807, 2.05) is 12.4 Å². The van der Waals surface area contributed by atoms with E-state index < -0.39 is 0 Å². The van der Waals surface area contributed by atoms with E-state index >= 15 is 0 Å². The molecule has 0 aliphatic carbocycles. The highest BCUT2D eigenvalue weighted by Gasteiger charge is 2.21. The van der Waals surface area contributed by atoms with Crippen LogP contribution in [-0.2, 0) is 0 Å². The summed E-state index contributed by atoms with van der Waals surface area (Å²) in [4.78, 5) is 10.0. The third-order valence-electron chi connectivity index (χ3n) is 9.70. The molecule has 0 saturated heterocycles. The van der Waals surface area contributed by atoms with Crippen molar-refractivity contribution in [1.82, 2.24) is 0 Å². The van der Waals surface area contributed by atoms with Crippen molar-refractivity contribution in [2.24, 2.45) is 15.9 Å². The molecule has 0 bridgehead atoms. The Bertz CT molecular complexity index is 2080. The smallest absolute Gasteiger partial charge is 0.0779 e. The van der Waals surface area contributed by atoms with Gasteiger partial charge in [0.05, 0.1) is 11.7 Å². The zero-order valence-electron chi connectivity index (χ0n) is 28.1. The first kappa shape index (κ1) is 31.3. The molecular formula is C46H42N2. The molecule has 0 amide bonds. The highest BCUT2D eigenvalue weighted by molar-refractivity contribution is 5.99.